The molecule has 0 radical (unpaired) electrons. The van der Waals surface area contributed by atoms with Gasteiger partial charge in [0, 0.05) is 30.3 Å². The lowest BCUT2D eigenvalue weighted by molar-refractivity contribution is -0.137. The molecule has 16 nitrogen and oxygen atoms in total. The van der Waals surface area contributed by atoms with Crippen LogP contribution < -0.4 is 37.2 Å². The Morgan fingerprint density at radius 1 is 0.870 bits per heavy atom. The molecule has 9 N–H and O–H groups in total. The zero-order valence-corrected chi connectivity index (χ0v) is 32.2. The van der Waals surface area contributed by atoms with Gasteiger partial charge in [-0.2, -0.15) is 11.8 Å². The number of fused-ring (bicyclic) bond motifs is 1. The van der Waals surface area contributed by atoms with E-state index >= 15 is 0 Å². The largest absolute Gasteiger partial charge is 0.508 e. The van der Waals surface area contributed by atoms with E-state index in [0.29, 0.717) is 23.5 Å². The number of hydrogen-bond donors (Lipinski definition) is 9. The number of aliphatic carboxylic acids is 1. The van der Waals surface area contributed by atoms with Crippen molar-refractivity contribution in [2.24, 2.45) is 5.92 Å². The van der Waals surface area contributed by atoms with E-state index in [4.69, 9.17) is 5.11 Å². The molecule has 0 saturated carbocycles. The van der Waals surface area contributed by atoms with E-state index in [9.17, 15) is 38.7 Å². The maximum Gasteiger partial charge on any atom is 0.315 e. The number of unbranched alkanes of at least 4 members (excludes halogenated alkanes) is 3. The van der Waals surface area contributed by atoms with E-state index in [-0.39, 0.29) is 55.5 Å². The van der Waals surface area contributed by atoms with E-state index in [0.717, 1.165) is 50.9 Å². The maximum atomic E-state index is 13.6. The van der Waals surface area contributed by atoms with Gasteiger partial charge in [-0.1, -0.05) is 38.8 Å². The third-order valence-corrected chi connectivity index (χ3v) is 11.0. The van der Waals surface area contributed by atoms with Crippen LogP contribution >= 0.6 is 11.8 Å². The number of nitrogens with one attached hydrogen (secondary N) is 7. The number of carbonyl (C=O) groups is 7. The molecule has 2 heterocycles. The van der Waals surface area contributed by atoms with Crippen molar-refractivity contribution in [1.29, 1.82) is 0 Å². The predicted octanol–water partition coefficient (Wildman–Crippen LogP) is 1.10. The standard InChI is InChI=1S/C37H57N7O9S/c1-22(2)32(36(52)39-23(3)34(50)40-25(20-45)13-16-31(48)49)43-35(51)27(19-24-11-14-26(46)15-12-24)41-30(47)10-5-4-7-17-38-18-8-6-9-29-33-28(21-54-29)42-37(53)44-33/h11-12,14-15,20,22-23,25,27-29,32-33,38,46H,4-10,13,16-19,21H2,1-3H3,(H,39,52)(H,40,50)(H,41,47)(H,43,51)(H,48,49)(H2,42,44,53)/t23-,25-,27-,28?,29?,32-,33?/m0/s1. The lowest BCUT2D eigenvalue weighted by atomic mass is 10.0. The molecule has 0 aliphatic carbocycles. The molecule has 0 aromatic heterocycles. The van der Waals surface area contributed by atoms with Gasteiger partial charge in [-0.15, -0.1) is 0 Å². The van der Waals surface area contributed by atoms with Crippen LogP contribution in [0.4, 0.5) is 4.79 Å². The van der Waals surface area contributed by atoms with Gasteiger partial charge in [0.25, 0.3) is 0 Å². The third-order valence-electron chi connectivity index (χ3n) is 9.48. The van der Waals surface area contributed by atoms with E-state index in [1.165, 1.54) is 19.1 Å². The molecule has 6 amide bonds. The predicted molar refractivity (Wildman–Crippen MR) is 204 cm³/mol. The molecule has 0 spiro atoms. The summed E-state index contributed by atoms with van der Waals surface area (Å²) in [5.41, 5.74) is 0.677. The Morgan fingerprint density at radius 3 is 2.24 bits per heavy atom. The quantitative estimate of drug-likeness (QED) is 0.0387. The van der Waals surface area contributed by atoms with Gasteiger partial charge in [0.15, 0.2) is 0 Å². The third kappa shape index (κ3) is 15.2. The highest BCUT2D eigenvalue weighted by Crippen LogP contribution is 2.33. The summed E-state index contributed by atoms with van der Waals surface area (Å²) in [5, 5.41) is 39.0. The van der Waals surface area contributed by atoms with Crippen molar-refractivity contribution in [2.75, 3.05) is 18.8 Å². The van der Waals surface area contributed by atoms with Crippen molar-refractivity contribution >= 4 is 53.7 Å². The van der Waals surface area contributed by atoms with Crippen molar-refractivity contribution in [3.8, 4) is 5.75 Å². The highest BCUT2D eigenvalue weighted by atomic mass is 32.2. The molecular weight excluding hydrogens is 719 g/mol. The molecule has 300 valence electrons. The number of benzene rings is 1. The summed E-state index contributed by atoms with van der Waals surface area (Å²) in [6.45, 7) is 6.56. The first-order valence-corrected chi connectivity index (χ1v) is 19.9. The van der Waals surface area contributed by atoms with Crippen molar-refractivity contribution in [3.63, 3.8) is 0 Å². The number of phenols is 1. The zero-order valence-electron chi connectivity index (χ0n) is 31.4. The molecule has 3 unspecified atom stereocenters. The van der Waals surface area contributed by atoms with Gasteiger partial charge in [-0.25, -0.2) is 4.79 Å². The number of carbonyl (C=O) groups excluding carboxylic acids is 6. The lowest BCUT2D eigenvalue weighted by Gasteiger charge is -2.27. The van der Waals surface area contributed by atoms with E-state index in [1.54, 1.807) is 26.0 Å². The molecule has 1 aromatic carbocycles. The fourth-order valence-corrected chi connectivity index (χ4v) is 7.88. The van der Waals surface area contributed by atoms with Gasteiger partial charge >= 0.3 is 12.0 Å². The van der Waals surface area contributed by atoms with Crippen LogP contribution in [0.5, 0.6) is 5.75 Å². The monoisotopic (exact) mass is 775 g/mol. The molecule has 2 aliphatic rings. The van der Waals surface area contributed by atoms with Crippen LogP contribution in [0, 0.1) is 5.92 Å². The van der Waals surface area contributed by atoms with E-state index in [1.807, 2.05) is 11.8 Å². The van der Waals surface area contributed by atoms with E-state index < -0.39 is 53.8 Å². The zero-order chi connectivity index (χ0) is 39.6. The number of rotatable bonds is 25. The average molecular weight is 776 g/mol. The van der Waals surface area contributed by atoms with Crippen LogP contribution in [-0.4, -0.2) is 112 Å². The second-order valence-corrected chi connectivity index (χ2v) is 15.6. The van der Waals surface area contributed by atoms with Gasteiger partial charge in [0.1, 0.15) is 30.2 Å². The summed E-state index contributed by atoms with van der Waals surface area (Å²) in [5.74, 6) is -2.78. The summed E-state index contributed by atoms with van der Waals surface area (Å²) in [7, 11) is 0. The number of carboxylic acid groups (broad SMARTS) is 1. The number of carboxylic acids is 1. The van der Waals surface area contributed by atoms with Crippen LogP contribution in [0.25, 0.3) is 0 Å². The summed E-state index contributed by atoms with van der Waals surface area (Å²) in [6, 6.07) is 2.40. The number of amides is 6. The average Bonchev–Trinajstić information content (AvgIpc) is 3.68. The molecule has 1 aromatic rings. The first-order chi connectivity index (χ1) is 25.8. The van der Waals surface area contributed by atoms with Gasteiger partial charge in [-0.3, -0.25) is 24.0 Å². The molecule has 54 heavy (non-hydrogen) atoms. The molecule has 2 aliphatic heterocycles. The Hall–Kier alpha value is -4.38. The van der Waals surface area contributed by atoms with Crippen molar-refractivity contribution in [3.05, 3.63) is 29.8 Å². The van der Waals surface area contributed by atoms with Crippen LogP contribution in [0.1, 0.15) is 84.1 Å². The van der Waals surface area contributed by atoms with Crippen LogP contribution in [0.3, 0.4) is 0 Å². The molecule has 17 heteroatoms. The second kappa shape index (κ2) is 22.7. The van der Waals surface area contributed by atoms with Crippen molar-refractivity contribution in [2.45, 2.75) is 126 Å². The Morgan fingerprint density at radius 2 is 1.57 bits per heavy atom. The number of thioether (sulfide) groups is 1. The van der Waals surface area contributed by atoms with Crippen molar-refractivity contribution < 1.29 is 43.8 Å². The first-order valence-electron chi connectivity index (χ1n) is 18.8. The summed E-state index contributed by atoms with van der Waals surface area (Å²) in [4.78, 5) is 86.2. The minimum Gasteiger partial charge on any atom is -0.508 e. The van der Waals surface area contributed by atoms with E-state index in [2.05, 4.69) is 37.2 Å². The van der Waals surface area contributed by atoms with Crippen LogP contribution in [0.15, 0.2) is 24.3 Å². The molecule has 7 atom stereocenters. The van der Waals surface area contributed by atoms with Gasteiger partial charge < -0.3 is 52.2 Å². The molecule has 3 rings (SSSR count). The Kier molecular flexibility index (Phi) is 18.5. The minimum atomic E-state index is -1.12. The molecule has 2 saturated heterocycles. The number of phenolic OH excluding ortho intramolecular Hbond substituents is 1. The number of aldehydes is 1. The van der Waals surface area contributed by atoms with Gasteiger partial charge in [-0.05, 0) is 75.7 Å². The molecular formula is C37H57N7O9S. The topological polar surface area (TPSA) is 244 Å². The maximum absolute atomic E-state index is 13.6. The van der Waals surface area contributed by atoms with Gasteiger partial charge in [0.2, 0.25) is 23.6 Å². The Bertz CT molecular complexity index is 1430. The number of hydrogen-bond acceptors (Lipinski definition) is 10. The van der Waals surface area contributed by atoms with Crippen LogP contribution in [-0.2, 0) is 35.2 Å². The highest BCUT2D eigenvalue weighted by Gasteiger charge is 2.42. The summed E-state index contributed by atoms with van der Waals surface area (Å²) >= 11 is 1.92. The lowest BCUT2D eigenvalue weighted by Crippen LogP contribution is -2.58. The SMILES string of the molecule is CC(C)[C@H](NC(=O)[C@H](Cc1ccc(O)cc1)NC(=O)CCCCCNCCCCC1SCC2NC(=O)NC21)C(=O)N[C@@H](C)C(=O)N[C@H](C=O)CCC(=O)O. The Balaban J connectivity index is 1.43. The number of urea groups is 1. The Labute approximate surface area is 320 Å². The molecule has 0 bridgehead atoms. The van der Waals surface area contributed by atoms with Crippen LogP contribution in [0.2, 0.25) is 0 Å². The van der Waals surface area contributed by atoms with Crippen molar-refractivity contribution in [1.82, 2.24) is 37.2 Å². The minimum absolute atomic E-state index is 0.0496. The number of aromatic hydroxyl groups is 1. The first kappa shape index (κ1) is 44.0. The normalized spacial score (nSPS) is 19.7. The summed E-state index contributed by atoms with van der Waals surface area (Å²) in [6.07, 6.45) is 5.85. The fourth-order valence-electron chi connectivity index (χ4n) is 6.34. The fraction of sp³-hybridized carbons (Fsp3) is 0.649. The van der Waals surface area contributed by atoms with Gasteiger partial charge in [0.05, 0.1) is 18.1 Å². The second-order valence-electron chi connectivity index (χ2n) is 14.3. The summed E-state index contributed by atoms with van der Waals surface area (Å²) < 4.78 is 0. The smallest absolute Gasteiger partial charge is 0.315 e. The highest BCUT2D eigenvalue weighted by molar-refractivity contribution is 8.00. The molecule has 2 fully saturated rings.